The molecule has 0 saturated carbocycles. The minimum absolute atomic E-state index is 0.0360. The number of fused-ring (bicyclic) bond motifs is 1. The van der Waals surface area contributed by atoms with Crippen molar-refractivity contribution in [2.24, 2.45) is 0 Å². The van der Waals surface area contributed by atoms with Crippen LogP contribution in [0.1, 0.15) is 17.2 Å². The van der Waals surface area contributed by atoms with Gasteiger partial charge in [-0.15, -0.1) is 0 Å². The standard InChI is InChI=1S/C24H17NO5/c26-22(15-7-3-1-4-8-15)20-21(16-11-12-18-19(13-16)30-14-29-18)25(24(28)23(20)27)17-9-5-2-6-10-17/h1-13,21,26H,14H2/b22-20+. The Bertz CT molecular complexity index is 1170. The van der Waals surface area contributed by atoms with E-state index in [0.29, 0.717) is 28.3 Å². The SMILES string of the molecule is O=C1C(=O)N(c2ccccc2)C(c2ccc3c(c2)OCO3)/C1=C(\O)c1ccccc1. The minimum Gasteiger partial charge on any atom is -0.507 e. The number of para-hydroxylation sites is 1. The number of amides is 1. The van der Waals surface area contributed by atoms with E-state index in [1.807, 2.05) is 12.1 Å². The molecule has 0 spiro atoms. The number of anilines is 1. The topological polar surface area (TPSA) is 76.1 Å². The van der Waals surface area contributed by atoms with Crippen molar-refractivity contribution in [3.05, 3.63) is 95.6 Å². The summed E-state index contributed by atoms with van der Waals surface area (Å²) in [6.45, 7) is 0.113. The van der Waals surface area contributed by atoms with Crippen LogP contribution in [-0.2, 0) is 9.59 Å². The zero-order valence-electron chi connectivity index (χ0n) is 15.8. The van der Waals surface area contributed by atoms with Crippen LogP contribution < -0.4 is 14.4 Å². The lowest BCUT2D eigenvalue weighted by Crippen LogP contribution is -2.29. The molecule has 0 aromatic heterocycles. The number of Topliss-reactive ketones (excluding diaryl/α,β-unsaturated/α-hetero) is 1. The van der Waals surface area contributed by atoms with E-state index in [1.54, 1.807) is 66.7 Å². The Morgan fingerprint density at radius 3 is 2.27 bits per heavy atom. The first kappa shape index (κ1) is 18.0. The van der Waals surface area contributed by atoms with Gasteiger partial charge >= 0.3 is 0 Å². The Morgan fingerprint density at radius 2 is 1.53 bits per heavy atom. The number of carbonyl (C=O) groups excluding carboxylic acids is 2. The van der Waals surface area contributed by atoms with E-state index in [1.165, 1.54) is 4.90 Å². The highest BCUT2D eigenvalue weighted by atomic mass is 16.7. The summed E-state index contributed by atoms with van der Waals surface area (Å²) >= 11 is 0. The first-order valence-corrected chi connectivity index (χ1v) is 9.46. The molecule has 1 saturated heterocycles. The largest absolute Gasteiger partial charge is 0.507 e. The molecule has 6 nitrogen and oxygen atoms in total. The number of ketones is 1. The maximum Gasteiger partial charge on any atom is 0.300 e. The van der Waals surface area contributed by atoms with Crippen LogP contribution in [-0.4, -0.2) is 23.6 Å². The van der Waals surface area contributed by atoms with Crippen LogP contribution in [0.5, 0.6) is 11.5 Å². The fourth-order valence-electron chi connectivity index (χ4n) is 3.84. The van der Waals surface area contributed by atoms with Gasteiger partial charge in [-0.25, -0.2) is 0 Å². The minimum atomic E-state index is -0.804. The number of aliphatic hydroxyl groups is 1. The summed E-state index contributed by atoms with van der Waals surface area (Å²) < 4.78 is 10.9. The van der Waals surface area contributed by atoms with Crippen molar-refractivity contribution < 1.29 is 24.2 Å². The fraction of sp³-hybridized carbons (Fsp3) is 0.0833. The molecule has 2 aliphatic heterocycles. The Balaban J connectivity index is 1.73. The fourth-order valence-corrected chi connectivity index (χ4v) is 3.84. The Kier molecular flexibility index (Phi) is 4.25. The van der Waals surface area contributed by atoms with Gasteiger partial charge < -0.3 is 14.6 Å². The molecule has 30 heavy (non-hydrogen) atoms. The highest BCUT2D eigenvalue weighted by Gasteiger charge is 2.47. The third-order valence-corrected chi connectivity index (χ3v) is 5.24. The van der Waals surface area contributed by atoms with Crippen molar-refractivity contribution in [2.45, 2.75) is 6.04 Å². The molecular weight excluding hydrogens is 382 g/mol. The molecule has 1 unspecified atom stereocenters. The smallest absolute Gasteiger partial charge is 0.300 e. The zero-order valence-corrected chi connectivity index (χ0v) is 15.8. The van der Waals surface area contributed by atoms with Gasteiger partial charge in [0.2, 0.25) is 6.79 Å². The van der Waals surface area contributed by atoms with Crippen LogP contribution >= 0.6 is 0 Å². The average Bonchev–Trinajstić information content (AvgIpc) is 3.36. The molecule has 1 fully saturated rings. The summed E-state index contributed by atoms with van der Waals surface area (Å²) in [5.41, 5.74) is 1.71. The van der Waals surface area contributed by atoms with E-state index in [4.69, 9.17) is 9.47 Å². The monoisotopic (exact) mass is 399 g/mol. The molecule has 2 aliphatic rings. The molecule has 1 amide bonds. The molecule has 0 bridgehead atoms. The van der Waals surface area contributed by atoms with Crippen molar-refractivity contribution in [3.63, 3.8) is 0 Å². The predicted molar refractivity (Wildman–Crippen MR) is 110 cm³/mol. The van der Waals surface area contributed by atoms with Crippen molar-refractivity contribution in [3.8, 4) is 11.5 Å². The third-order valence-electron chi connectivity index (χ3n) is 5.24. The molecule has 1 atom stereocenters. The quantitative estimate of drug-likeness (QED) is 0.409. The summed E-state index contributed by atoms with van der Waals surface area (Å²) in [4.78, 5) is 27.5. The first-order chi connectivity index (χ1) is 14.6. The molecular formula is C24H17NO5. The molecule has 148 valence electrons. The normalized spacial score (nSPS) is 19.3. The molecule has 3 aromatic carbocycles. The van der Waals surface area contributed by atoms with Crippen LogP contribution in [0.4, 0.5) is 5.69 Å². The summed E-state index contributed by atoms with van der Waals surface area (Å²) in [5, 5.41) is 11.0. The van der Waals surface area contributed by atoms with Crippen LogP contribution in [0.25, 0.3) is 5.76 Å². The lowest BCUT2D eigenvalue weighted by atomic mass is 9.95. The van der Waals surface area contributed by atoms with Crippen molar-refractivity contribution in [1.82, 2.24) is 0 Å². The maximum absolute atomic E-state index is 13.1. The molecule has 2 heterocycles. The van der Waals surface area contributed by atoms with E-state index >= 15 is 0 Å². The van der Waals surface area contributed by atoms with Crippen LogP contribution in [0.15, 0.2) is 84.4 Å². The van der Waals surface area contributed by atoms with Gasteiger partial charge in [-0.3, -0.25) is 14.5 Å². The van der Waals surface area contributed by atoms with Crippen molar-refractivity contribution >= 4 is 23.1 Å². The number of hydrogen-bond acceptors (Lipinski definition) is 5. The molecule has 5 rings (SSSR count). The third kappa shape index (κ3) is 2.81. The number of ether oxygens (including phenoxy) is 2. The molecule has 0 radical (unpaired) electrons. The van der Waals surface area contributed by atoms with Gasteiger partial charge in [0.1, 0.15) is 5.76 Å². The highest BCUT2D eigenvalue weighted by Crippen LogP contribution is 2.44. The second-order valence-electron chi connectivity index (χ2n) is 6.98. The predicted octanol–water partition coefficient (Wildman–Crippen LogP) is 4.04. The lowest BCUT2D eigenvalue weighted by molar-refractivity contribution is -0.132. The number of aliphatic hydroxyl groups excluding tert-OH is 1. The molecule has 3 aromatic rings. The molecule has 1 N–H and O–H groups in total. The lowest BCUT2D eigenvalue weighted by Gasteiger charge is -2.25. The van der Waals surface area contributed by atoms with E-state index in [9.17, 15) is 14.7 Å². The van der Waals surface area contributed by atoms with Crippen molar-refractivity contribution in [1.29, 1.82) is 0 Å². The second-order valence-corrected chi connectivity index (χ2v) is 6.98. The summed E-state index contributed by atoms with van der Waals surface area (Å²) in [7, 11) is 0. The van der Waals surface area contributed by atoms with Crippen molar-refractivity contribution in [2.75, 3.05) is 11.7 Å². The Morgan fingerprint density at radius 1 is 0.867 bits per heavy atom. The van der Waals surface area contributed by atoms with Crippen LogP contribution in [0, 0.1) is 0 Å². The summed E-state index contributed by atoms with van der Waals surface area (Å²) in [5.74, 6) is -0.511. The van der Waals surface area contributed by atoms with Gasteiger partial charge in [-0.1, -0.05) is 54.6 Å². The van der Waals surface area contributed by atoms with Gasteiger partial charge in [0.05, 0.1) is 11.6 Å². The number of benzene rings is 3. The number of hydrogen-bond donors (Lipinski definition) is 1. The van der Waals surface area contributed by atoms with Crippen LogP contribution in [0.2, 0.25) is 0 Å². The van der Waals surface area contributed by atoms with Gasteiger partial charge in [0.25, 0.3) is 11.7 Å². The van der Waals surface area contributed by atoms with Crippen LogP contribution in [0.3, 0.4) is 0 Å². The number of carbonyl (C=O) groups is 2. The average molecular weight is 399 g/mol. The second kappa shape index (κ2) is 7.08. The van der Waals surface area contributed by atoms with E-state index in [-0.39, 0.29) is 18.1 Å². The number of nitrogens with zero attached hydrogens (tertiary/aromatic N) is 1. The summed E-state index contributed by atoms with van der Waals surface area (Å²) in [6, 6.07) is 22.1. The Hall–Kier alpha value is -4.06. The zero-order chi connectivity index (χ0) is 20.7. The van der Waals surface area contributed by atoms with Gasteiger partial charge in [0, 0.05) is 11.3 Å². The van der Waals surface area contributed by atoms with E-state index < -0.39 is 17.7 Å². The van der Waals surface area contributed by atoms with Gasteiger partial charge in [0.15, 0.2) is 11.5 Å². The summed E-state index contributed by atoms with van der Waals surface area (Å²) in [6.07, 6.45) is 0. The van der Waals surface area contributed by atoms with Gasteiger partial charge in [-0.2, -0.15) is 0 Å². The number of rotatable bonds is 3. The Labute approximate surface area is 172 Å². The maximum atomic E-state index is 13.1. The first-order valence-electron chi connectivity index (χ1n) is 9.46. The van der Waals surface area contributed by atoms with Gasteiger partial charge in [-0.05, 0) is 29.8 Å². The van der Waals surface area contributed by atoms with E-state index in [2.05, 4.69) is 0 Å². The molecule has 6 heteroatoms. The molecule has 0 aliphatic carbocycles. The highest BCUT2D eigenvalue weighted by molar-refractivity contribution is 6.51. The van der Waals surface area contributed by atoms with E-state index in [0.717, 1.165) is 0 Å².